The van der Waals surface area contributed by atoms with Crippen molar-refractivity contribution < 1.29 is 0 Å². The zero-order valence-electron chi connectivity index (χ0n) is 9.71. The number of benzene rings is 1. The first kappa shape index (κ1) is 9.40. The summed E-state index contributed by atoms with van der Waals surface area (Å²) in [5.74, 6) is 1.08. The summed E-state index contributed by atoms with van der Waals surface area (Å²) < 4.78 is 0. The van der Waals surface area contributed by atoms with Crippen LogP contribution in [0.25, 0.3) is 11.0 Å². The van der Waals surface area contributed by atoms with Gasteiger partial charge in [-0.25, -0.2) is 4.98 Å². The maximum atomic E-state index is 4.76. The van der Waals surface area contributed by atoms with Gasteiger partial charge in [-0.1, -0.05) is 12.1 Å². The molecule has 4 rings (SSSR count). The second-order valence-corrected chi connectivity index (χ2v) is 5.09. The van der Waals surface area contributed by atoms with Gasteiger partial charge >= 0.3 is 0 Å². The van der Waals surface area contributed by atoms with Gasteiger partial charge in [0, 0.05) is 12.1 Å². The van der Waals surface area contributed by atoms with Crippen LogP contribution in [0.4, 0.5) is 5.82 Å². The van der Waals surface area contributed by atoms with E-state index in [1.54, 1.807) is 0 Å². The van der Waals surface area contributed by atoms with Gasteiger partial charge in [0.2, 0.25) is 0 Å². The number of anilines is 1. The van der Waals surface area contributed by atoms with Crippen LogP contribution in [0.2, 0.25) is 0 Å². The molecule has 0 unspecified atom stereocenters. The maximum Gasteiger partial charge on any atom is 0.148 e. The van der Waals surface area contributed by atoms with E-state index in [9.17, 15) is 0 Å². The van der Waals surface area contributed by atoms with E-state index in [4.69, 9.17) is 4.98 Å². The molecule has 2 aromatic rings. The Morgan fingerprint density at radius 3 is 2.29 bits per heavy atom. The molecule has 17 heavy (non-hydrogen) atoms. The van der Waals surface area contributed by atoms with Crippen molar-refractivity contribution in [1.82, 2.24) is 9.97 Å². The first-order valence-electron chi connectivity index (χ1n) is 6.42. The normalized spacial score (nSPS) is 26.9. The van der Waals surface area contributed by atoms with E-state index >= 15 is 0 Å². The van der Waals surface area contributed by atoms with Crippen molar-refractivity contribution in [2.24, 2.45) is 0 Å². The average Bonchev–Trinajstić information content (AvgIpc) is 2.98. The third-order valence-corrected chi connectivity index (χ3v) is 4.15. The summed E-state index contributed by atoms with van der Waals surface area (Å²) in [6, 6.07) is 9.54. The molecule has 1 aromatic carbocycles. The molecule has 0 saturated carbocycles. The van der Waals surface area contributed by atoms with E-state index < -0.39 is 0 Å². The van der Waals surface area contributed by atoms with Crippen molar-refractivity contribution in [1.29, 1.82) is 0 Å². The number of aromatic nitrogens is 2. The van der Waals surface area contributed by atoms with Crippen LogP contribution in [0.15, 0.2) is 30.5 Å². The minimum Gasteiger partial charge on any atom is -0.349 e. The molecule has 2 aliphatic heterocycles. The third-order valence-electron chi connectivity index (χ3n) is 4.15. The van der Waals surface area contributed by atoms with Gasteiger partial charge in [0.1, 0.15) is 5.82 Å². The molecule has 2 aliphatic rings. The molecule has 0 amide bonds. The van der Waals surface area contributed by atoms with Gasteiger partial charge in [-0.3, -0.25) is 4.98 Å². The van der Waals surface area contributed by atoms with Gasteiger partial charge in [0.05, 0.1) is 17.2 Å². The lowest BCUT2D eigenvalue weighted by atomic mass is 10.0. The molecule has 1 aromatic heterocycles. The van der Waals surface area contributed by atoms with Crippen LogP contribution in [0.3, 0.4) is 0 Å². The van der Waals surface area contributed by atoms with E-state index in [-0.39, 0.29) is 0 Å². The van der Waals surface area contributed by atoms with Crippen molar-refractivity contribution in [3.8, 4) is 0 Å². The second-order valence-electron chi connectivity index (χ2n) is 5.09. The number of rotatable bonds is 1. The Bertz CT molecular complexity index is 546. The lowest BCUT2D eigenvalue weighted by Gasteiger charge is -2.22. The van der Waals surface area contributed by atoms with Crippen molar-refractivity contribution in [2.75, 3.05) is 4.90 Å². The molecule has 3 heterocycles. The van der Waals surface area contributed by atoms with Gasteiger partial charge in [0.15, 0.2) is 0 Å². The summed E-state index contributed by atoms with van der Waals surface area (Å²) in [6.07, 6.45) is 7.27. The molecule has 0 radical (unpaired) electrons. The monoisotopic (exact) mass is 225 g/mol. The van der Waals surface area contributed by atoms with Crippen LogP contribution in [0.1, 0.15) is 25.7 Å². The standard InChI is InChI=1S/C14H15N3/c1-2-4-13-12(3-1)15-9-14(16-13)17-10-5-6-11(17)8-7-10/h1-4,9-11H,5-8H2. The van der Waals surface area contributed by atoms with Crippen LogP contribution in [-0.4, -0.2) is 22.1 Å². The van der Waals surface area contributed by atoms with Crippen molar-refractivity contribution in [3.05, 3.63) is 30.5 Å². The van der Waals surface area contributed by atoms with Gasteiger partial charge < -0.3 is 4.90 Å². The highest BCUT2D eigenvalue weighted by Gasteiger charge is 2.40. The number of para-hydroxylation sites is 2. The van der Waals surface area contributed by atoms with Crippen LogP contribution in [0, 0.1) is 0 Å². The number of nitrogens with zero attached hydrogens (tertiary/aromatic N) is 3. The predicted octanol–water partition coefficient (Wildman–Crippen LogP) is 2.76. The highest BCUT2D eigenvalue weighted by molar-refractivity contribution is 5.75. The molecular formula is C14H15N3. The quantitative estimate of drug-likeness (QED) is 0.747. The van der Waals surface area contributed by atoms with E-state index in [0.717, 1.165) is 28.9 Å². The van der Waals surface area contributed by atoms with Gasteiger partial charge in [-0.05, 0) is 37.8 Å². The lowest BCUT2D eigenvalue weighted by Crippen LogP contribution is -2.28. The van der Waals surface area contributed by atoms with Gasteiger partial charge in [-0.15, -0.1) is 0 Å². The Balaban J connectivity index is 1.81. The highest BCUT2D eigenvalue weighted by atomic mass is 15.3. The largest absolute Gasteiger partial charge is 0.349 e. The van der Waals surface area contributed by atoms with E-state index in [2.05, 4.69) is 9.88 Å². The second kappa shape index (κ2) is 3.42. The third kappa shape index (κ3) is 1.35. The summed E-state index contributed by atoms with van der Waals surface area (Å²) in [5, 5.41) is 0. The minimum absolute atomic E-state index is 0.718. The Morgan fingerprint density at radius 2 is 1.59 bits per heavy atom. The summed E-state index contributed by atoms with van der Waals surface area (Å²) >= 11 is 0. The fourth-order valence-electron chi connectivity index (χ4n) is 3.36. The van der Waals surface area contributed by atoms with Crippen LogP contribution in [-0.2, 0) is 0 Å². The molecule has 0 spiro atoms. The highest BCUT2D eigenvalue weighted by Crippen LogP contribution is 2.40. The first-order chi connectivity index (χ1) is 8.42. The summed E-state index contributed by atoms with van der Waals surface area (Å²) in [5.41, 5.74) is 2.00. The van der Waals surface area contributed by atoms with Gasteiger partial charge in [0.25, 0.3) is 0 Å². The van der Waals surface area contributed by atoms with E-state index in [1.165, 1.54) is 25.7 Å². The van der Waals surface area contributed by atoms with Crippen LogP contribution >= 0.6 is 0 Å². The Hall–Kier alpha value is -1.64. The number of hydrogen-bond donors (Lipinski definition) is 0. The fourth-order valence-corrected chi connectivity index (χ4v) is 3.36. The molecule has 0 aliphatic carbocycles. The van der Waals surface area contributed by atoms with Crippen LogP contribution < -0.4 is 4.90 Å². The average molecular weight is 225 g/mol. The minimum atomic E-state index is 0.718. The van der Waals surface area contributed by atoms with Crippen LogP contribution in [0.5, 0.6) is 0 Å². The van der Waals surface area contributed by atoms with E-state index in [1.807, 2.05) is 30.5 Å². The van der Waals surface area contributed by atoms with E-state index in [0.29, 0.717) is 0 Å². The first-order valence-corrected chi connectivity index (χ1v) is 6.42. The Morgan fingerprint density at radius 1 is 0.941 bits per heavy atom. The topological polar surface area (TPSA) is 29.0 Å². The molecule has 2 bridgehead atoms. The smallest absolute Gasteiger partial charge is 0.148 e. The predicted molar refractivity (Wildman–Crippen MR) is 68.1 cm³/mol. The molecule has 3 heteroatoms. The van der Waals surface area contributed by atoms with Crippen molar-refractivity contribution in [2.45, 2.75) is 37.8 Å². The molecule has 3 nitrogen and oxygen atoms in total. The summed E-state index contributed by atoms with van der Waals surface area (Å²) in [6.45, 7) is 0. The van der Waals surface area contributed by atoms with Crippen molar-refractivity contribution >= 4 is 16.9 Å². The maximum absolute atomic E-state index is 4.76. The Kier molecular flexibility index (Phi) is 1.89. The molecule has 86 valence electrons. The molecular weight excluding hydrogens is 210 g/mol. The SMILES string of the molecule is c1ccc2nc(N3C4CCC3CC4)cnc2c1. The molecule has 2 saturated heterocycles. The van der Waals surface area contributed by atoms with Crippen molar-refractivity contribution in [3.63, 3.8) is 0 Å². The zero-order chi connectivity index (χ0) is 11.2. The molecule has 0 N–H and O–H groups in total. The molecule has 2 fully saturated rings. The number of hydrogen-bond acceptors (Lipinski definition) is 3. The summed E-state index contributed by atoms with van der Waals surface area (Å²) in [4.78, 5) is 11.8. The Labute approximate surface area is 100 Å². The molecule has 0 atom stereocenters. The lowest BCUT2D eigenvalue weighted by molar-refractivity contribution is 0.576. The van der Waals surface area contributed by atoms with Gasteiger partial charge in [-0.2, -0.15) is 0 Å². The summed E-state index contributed by atoms with van der Waals surface area (Å²) in [7, 11) is 0. The zero-order valence-corrected chi connectivity index (χ0v) is 9.71. The fraction of sp³-hybridized carbons (Fsp3) is 0.429. The number of fused-ring (bicyclic) bond motifs is 3.